The van der Waals surface area contributed by atoms with Gasteiger partial charge in [0.15, 0.2) is 0 Å². The van der Waals surface area contributed by atoms with Crippen LogP contribution < -0.4 is 5.32 Å². The van der Waals surface area contributed by atoms with Gasteiger partial charge in [0, 0.05) is 22.4 Å². The van der Waals surface area contributed by atoms with Crippen molar-refractivity contribution in [1.29, 1.82) is 0 Å². The largest absolute Gasteiger partial charge is 0.324 e. The fourth-order valence-corrected chi connectivity index (χ4v) is 3.59. The van der Waals surface area contributed by atoms with Crippen molar-refractivity contribution in [2.45, 2.75) is 6.42 Å². The molecule has 0 aliphatic heterocycles. The Balaban J connectivity index is 2.12. The molecule has 2 aromatic carbocycles. The summed E-state index contributed by atoms with van der Waals surface area (Å²) in [7, 11) is 0. The van der Waals surface area contributed by atoms with Crippen LogP contribution >= 0.6 is 22.9 Å². The van der Waals surface area contributed by atoms with Gasteiger partial charge in [0.1, 0.15) is 0 Å². The predicted octanol–water partition coefficient (Wildman–Crippen LogP) is 5.14. The van der Waals surface area contributed by atoms with Gasteiger partial charge in [-0.1, -0.05) is 48.5 Å². The first-order chi connectivity index (χ1) is 10.3. The summed E-state index contributed by atoms with van der Waals surface area (Å²) >= 11 is 7.34. The van der Waals surface area contributed by atoms with E-state index in [0.717, 1.165) is 26.2 Å². The van der Waals surface area contributed by atoms with E-state index in [1.165, 1.54) is 0 Å². The summed E-state index contributed by atoms with van der Waals surface area (Å²) in [4.78, 5) is 13.0. The number of benzene rings is 2. The van der Waals surface area contributed by atoms with Gasteiger partial charge in [0.2, 0.25) is 5.91 Å². The molecule has 21 heavy (non-hydrogen) atoms. The molecule has 0 aliphatic rings. The molecule has 0 radical (unpaired) electrons. The Labute approximate surface area is 132 Å². The molecule has 0 fully saturated rings. The zero-order valence-corrected chi connectivity index (χ0v) is 12.9. The number of anilines is 1. The van der Waals surface area contributed by atoms with Crippen molar-refractivity contribution in [3.63, 3.8) is 0 Å². The van der Waals surface area contributed by atoms with Gasteiger partial charge in [-0.05, 0) is 11.6 Å². The number of halogens is 1. The fraction of sp³-hybridized carbons (Fsp3) is 0.118. The molecule has 3 rings (SSSR count). The predicted molar refractivity (Wildman–Crippen MR) is 91.2 cm³/mol. The normalized spacial score (nSPS) is 10.7. The van der Waals surface area contributed by atoms with Crippen LogP contribution in [0.4, 0.5) is 5.69 Å². The Kier molecular flexibility index (Phi) is 4.23. The van der Waals surface area contributed by atoms with Gasteiger partial charge in [-0.2, -0.15) is 0 Å². The monoisotopic (exact) mass is 315 g/mol. The second-order valence-corrected chi connectivity index (χ2v) is 6.09. The van der Waals surface area contributed by atoms with E-state index in [2.05, 4.69) is 23.5 Å². The first-order valence-electron chi connectivity index (χ1n) is 6.72. The van der Waals surface area contributed by atoms with Crippen molar-refractivity contribution in [2.24, 2.45) is 0 Å². The van der Waals surface area contributed by atoms with Gasteiger partial charge in [0.05, 0.1) is 10.6 Å². The summed E-state index contributed by atoms with van der Waals surface area (Å²) in [5, 5.41) is 4.09. The maximum atomic E-state index is 11.9. The van der Waals surface area contributed by atoms with Crippen molar-refractivity contribution in [2.75, 3.05) is 11.2 Å². The number of carbonyl (C=O) groups is 1. The minimum atomic E-state index is -0.0502. The first kappa shape index (κ1) is 14.1. The molecule has 0 bridgehead atoms. The molecular formula is C17H14ClNOS. The summed E-state index contributed by atoms with van der Waals surface area (Å²) in [5.41, 5.74) is 2.00. The smallest absolute Gasteiger partial charge is 0.225 e. The van der Waals surface area contributed by atoms with Gasteiger partial charge in [-0.15, -0.1) is 22.9 Å². The van der Waals surface area contributed by atoms with Crippen molar-refractivity contribution in [3.8, 4) is 10.4 Å². The van der Waals surface area contributed by atoms with E-state index in [1.807, 2.05) is 36.4 Å². The Morgan fingerprint density at radius 2 is 1.76 bits per heavy atom. The topological polar surface area (TPSA) is 29.1 Å². The highest BCUT2D eigenvalue weighted by Crippen LogP contribution is 2.42. The van der Waals surface area contributed by atoms with Crippen LogP contribution in [0.2, 0.25) is 0 Å². The average Bonchev–Trinajstić information content (AvgIpc) is 2.87. The average molecular weight is 316 g/mol. The molecule has 4 heteroatoms. The zero-order valence-electron chi connectivity index (χ0n) is 11.3. The van der Waals surface area contributed by atoms with E-state index < -0.39 is 0 Å². The third-order valence-electron chi connectivity index (χ3n) is 3.22. The lowest BCUT2D eigenvalue weighted by atomic mass is 10.1. The number of hydrogen-bond acceptors (Lipinski definition) is 2. The lowest BCUT2D eigenvalue weighted by molar-refractivity contribution is -0.115. The lowest BCUT2D eigenvalue weighted by Crippen LogP contribution is -2.11. The number of amides is 1. The quantitative estimate of drug-likeness (QED) is 0.664. The summed E-state index contributed by atoms with van der Waals surface area (Å²) in [5.74, 6) is 0.278. The summed E-state index contributed by atoms with van der Waals surface area (Å²) in [6, 6.07) is 18.2. The number of thiophene rings is 1. The summed E-state index contributed by atoms with van der Waals surface area (Å²) in [6.45, 7) is 0. The second kappa shape index (κ2) is 6.29. The molecule has 0 saturated carbocycles. The minimum absolute atomic E-state index is 0.0502. The van der Waals surface area contributed by atoms with E-state index >= 15 is 0 Å². The van der Waals surface area contributed by atoms with Gasteiger partial charge in [-0.25, -0.2) is 0 Å². The highest BCUT2D eigenvalue weighted by Gasteiger charge is 2.15. The standard InChI is InChI=1S/C17H14ClNOS/c18-11-10-15(20)19-16-13-8-4-5-9-14(13)21-17(16)12-6-2-1-3-7-12/h1-9H,10-11H2,(H,19,20). The minimum Gasteiger partial charge on any atom is -0.324 e. The van der Waals surface area contributed by atoms with E-state index in [4.69, 9.17) is 11.6 Å². The Morgan fingerprint density at radius 1 is 1.05 bits per heavy atom. The maximum Gasteiger partial charge on any atom is 0.225 e. The third-order valence-corrected chi connectivity index (χ3v) is 4.63. The highest BCUT2D eigenvalue weighted by atomic mass is 35.5. The molecule has 2 nitrogen and oxygen atoms in total. The summed E-state index contributed by atoms with van der Waals surface area (Å²) in [6.07, 6.45) is 0.319. The number of nitrogens with one attached hydrogen (secondary N) is 1. The van der Waals surface area contributed by atoms with Crippen LogP contribution in [0.5, 0.6) is 0 Å². The van der Waals surface area contributed by atoms with Crippen LogP contribution in [0.3, 0.4) is 0 Å². The number of fused-ring (bicyclic) bond motifs is 1. The van der Waals surface area contributed by atoms with Crippen LogP contribution in [0.1, 0.15) is 6.42 Å². The maximum absolute atomic E-state index is 11.9. The Hall–Kier alpha value is -1.84. The van der Waals surface area contributed by atoms with Crippen LogP contribution in [0, 0.1) is 0 Å². The van der Waals surface area contributed by atoms with Crippen molar-refractivity contribution in [3.05, 3.63) is 54.6 Å². The second-order valence-electron chi connectivity index (χ2n) is 4.66. The van der Waals surface area contributed by atoms with Crippen molar-refractivity contribution in [1.82, 2.24) is 0 Å². The van der Waals surface area contributed by atoms with Crippen LogP contribution in [0.25, 0.3) is 20.5 Å². The van der Waals surface area contributed by atoms with Gasteiger partial charge < -0.3 is 5.32 Å². The van der Waals surface area contributed by atoms with Gasteiger partial charge in [-0.3, -0.25) is 4.79 Å². The van der Waals surface area contributed by atoms with Gasteiger partial charge in [0.25, 0.3) is 0 Å². The summed E-state index contributed by atoms with van der Waals surface area (Å²) < 4.78 is 1.16. The molecule has 3 aromatic rings. The number of carbonyl (C=O) groups excluding carboxylic acids is 1. The number of rotatable bonds is 4. The van der Waals surface area contributed by atoms with E-state index in [0.29, 0.717) is 12.3 Å². The molecular weight excluding hydrogens is 302 g/mol. The number of hydrogen-bond donors (Lipinski definition) is 1. The molecule has 106 valence electrons. The van der Waals surface area contributed by atoms with Crippen LogP contribution in [0.15, 0.2) is 54.6 Å². The van der Waals surface area contributed by atoms with Crippen molar-refractivity contribution >= 4 is 44.6 Å². The van der Waals surface area contributed by atoms with Crippen molar-refractivity contribution < 1.29 is 4.79 Å². The van der Waals surface area contributed by atoms with E-state index in [-0.39, 0.29) is 5.91 Å². The molecule has 1 aromatic heterocycles. The molecule has 0 saturated heterocycles. The molecule has 0 aliphatic carbocycles. The molecule has 0 unspecified atom stereocenters. The lowest BCUT2D eigenvalue weighted by Gasteiger charge is -2.07. The molecule has 1 amide bonds. The molecule has 0 spiro atoms. The molecule has 1 heterocycles. The molecule has 0 atom stereocenters. The fourth-order valence-electron chi connectivity index (χ4n) is 2.25. The highest BCUT2D eigenvalue weighted by molar-refractivity contribution is 7.23. The van der Waals surface area contributed by atoms with Crippen LogP contribution in [-0.2, 0) is 4.79 Å². The van der Waals surface area contributed by atoms with E-state index in [9.17, 15) is 4.79 Å². The first-order valence-corrected chi connectivity index (χ1v) is 8.07. The third kappa shape index (κ3) is 2.94. The Morgan fingerprint density at radius 3 is 2.52 bits per heavy atom. The SMILES string of the molecule is O=C(CCCl)Nc1c(-c2ccccc2)sc2ccccc12. The zero-order chi connectivity index (χ0) is 14.7. The van der Waals surface area contributed by atoms with Gasteiger partial charge >= 0.3 is 0 Å². The van der Waals surface area contributed by atoms with E-state index in [1.54, 1.807) is 11.3 Å². The van der Waals surface area contributed by atoms with Crippen LogP contribution in [-0.4, -0.2) is 11.8 Å². The Bertz CT molecular complexity index is 767. The number of alkyl halides is 1. The molecule has 1 N–H and O–H groups in total.